The van der Waals surface area contributed by atoms with Gasteiger partial charge in [-0.25, -0.2) is 0 Å². The van der Waals surface area contributed by atoms with Crippen molar-refractivity contribution in [1.82, 2.24) is 0 Å². The van der Waals surface area contributed by atoms with E-state index in [0.717, 1.165) is 57.5 Å². The molecule has 112 valence electrons. The molecule has 0 radical (unpaired) electrons. The smallest absolute Gasteiger partial charge is 0.127 e. The van der Waals surface area contributed by atoms with Crippen molar-refractivity contribution >= 4 is 0 Å². The van der Waals surface area contributed by atoms with E-state index in [2.05, 4.69) is 6.92 Å². The Labute approximate surface area is 120 Å². The summed E-state index contributed by atoms with van der Waals surface area (Å²) in [5.74, 6) is 1.13. The predicted octanol–water partition coefficient (Wildman–Crippen LogP) is 2.57. The Balaban J connectivity index is 1.57. The monoisotopic (exact) mass is 280 g/mol. The van der Waals surface area contributed by atoms with E-state index >= 15 is 0 Å². The van der Waals surface area contributed by atoms with Crippen molar-refractivity contribution in [3.8, 4) is 0 Å². The van der Waals surface area contributed by atoms with Gasteiger partial charge in [0.05, 0.1) is 18.8 Å². The molecule has 0 N–H and O–H groups in total. The molecule has 2 fully saturated rings. The van der Waals surface area contributed by atoms with E-state index < -0.39 is 0 Å². The Morgan fingerprint density at radius 1 is 1.05 bits per heavy atom. The maximum atomic E-state index is 6.32. The van der Waals surface area contributed by atoms with Crippen LogP contribution in [-0.2, 0) is 18.9 Å². The van der Waals surface area contributed by atoms with Crippen LogP contribution in [0.3, 0.4) is 0 Å². The molecule has 0 spiro atoms. The molecule has 2 saturated heterocycles. The predicted molar refractivity (Wildman–Crippen MR) is 73.4 cm³/mol. The Bertz CT molecular complexity index is 419. The van der Waals surface area contributed by atoms with E-state index in [4.69, 9.17) is 18.9 Å². The molecular formula is C16H24O4. The summed E-state index contributed by atoms with van der Waals surface area (Å²) in [4.78, 5) is 0. The zero-order valence-electron chi connectivity index (χ0n) is 12.2. The molecule has 0 amide bonds. The van der Waals surface area contributed by atoms with Gasteiger partial charge in [-0.1, -0.05) is 0 Å². The molecule has 4 aliphatic heterocycles. The van der Waals surface area contributed by atoms with Gasteiger partial charge in [0.15, 0.2) is 0 Å². The summed E-state index contributed by atoms with van der Waals surface area (Å²) < 4.78 is 24.3. The molecule has 0 aromatic rings. The molecule has 0 aromatic carbocycles. The first-order valence-electron chi connectivity index (χ1n) is 7.99. The van der Waals surface area contributed by atoms with Crippen LogP contribution in [0.2, 0.25) is 0 Å². The standard InChI is InChI=1S/C16H24O4/c1-16-9-11-10-18-12-4-2-6-17-14(12)8-13(11)20-15(16)5-3-7-19-16/h12,14-15H,2-10H2,1H3/t12-,14+,15+,16-/m1/s1. The van der Waals surface area contributed by atoms with Gasteiger partial charge in [-0.3, -0.25) is 0 Å². The van der Waals surface area contributed by atoms with Crippen LogP contribution >= 0.6 is 0 Å². The van der Waals surface area contributed by atoms with Crippen molar-refractivity contribution in [2.45, 2.75) is 69.4 Å². The number of hydrogen-bond acceptors (Lipinski definition) is 4. The van der Waals surface area contributed by atoms with Crippen LogP contribution < -0.4 is 0 Å². The van der Waals surface area contributed by atoms with Crippen LogP contribution in [0, 0.1) is 0 Å². The third kappa shape index (κ3) is 2.18. The van der Waals surface area contributed by atoms with Crippen LogP contribution in [0.15, 0.2) is 11.3 Å². The minimum absolute atomic E-state index is 0.156. The highest BCUT2D eigenvalue weighted by molar-refractivity contribution is 5.21. The van der Waals surface area contributed by atoms with Crippen molar-refractivity contribution in [3.63, 3.8) is 0 Å². The maximum absolute atomic E-state index is 6.32. The van der Waals surface area contributed by atoms with E-state index in [9.17, 15) is 0 Å². The second-order valence-corrected chi connectivity index (χ2v) is 6.72. The summed E-state index contributed by atoms with van der Waals surface area (Å²) in [5.41, 5.74) is 1.14. The lowest BCUT2D eigenvalue weighted by Crippen LogP contribution is -2.50. The van der Waals surface area contributed by atoms with E-state index in [-0.39, 0.29) is 23.9 Å². The fourth-order valence-corrected chi connectivity index (χ4v) is 4.01. The SMILES string of the molecule is C[C@@]12CC3=C(C[C@@H]4OCCC[C@H]4OC3)O[C@H]1CCCO2. The Morgan fingerprint density at radius 3 is 2.90 bits per heavy atom. The van der Waals surface area contributed by atoms with Gasteiger partial charge in [0, 0.05) is 26.1 Å². The largest absolute Gasteiger partial charge is 0.492 e. The van der Waals surface area contributed by atoms with Gasteiger partial charge in [-0.2, -0.15) is 0 Å². The molecule has 0 aromatic heterocycles. The fraction of sp³-hybridized carbons (Fsp3) is 0.875. The van der Waals surface area contributed by atoms with Gasteiger partial charge < -0.3 is 18.9 Å². The molecule has 0 aliphatic carbocycles. The molecule has 0 saturated carbocycles. The highest BCUT2D eigenvalue weighted by atomic mass is 16.6. The summed E-state index contributed by atoms with van der Waals surface area (Å²) in [7, 11) is 0. The zero-order valence-corrected chi connectivity index (χ0v) is 12.2. The van der Waals surface area contributed by atoms with E-state index in [1.807, 2.05) is 0 Å². The lowest BCUT2D eigenvalue weighted by atomic mass is 9.83. The van der Waals surface area contributed by atoms with Crippen molar-refractivity contribution in [3.05, 3.63) is 11.3 Å². The highest BCUT2D eigenvalue weighted by Crippen LogP contribution is 2.42. The van der Waals surface area contributed by atoms with Gasteiger partial charge in [0.25, 0.3) is 0 Å². The molecule has 4 heterocycles. The molecule has 20 heavy (non-hydrogen) atoms. The molecular weight excluding hydrogens is 256 g/mol. The number of ether oxygens (including phenoxy) is 4. The van der Waals surface area contributed by atoms with E-state index in [0.29, 0.717) is 6.61 Å². The van der Waals surface area contributed by atoms with Gasteiger partial charge >= 0.3 is 0 Å². The van der Waals surface area contributed by atoms with Crippen LogP contribution in [0.5, 0.6) is 0 Å². The quantitative estimate of drug-likeness (QED) is 0.683. The van der Waals surface area contributed by atoms with Gasteiger partial charge in [0.1, 0.15) is 17.5 Å². The van der Waals surface area contributed by atoms with Gasteiger partial charge in [-0.05, 0) is 38.2 Å². The Hall–Kier alpha value is -0.580. The summed E-state index contributed by atoms with van der Waals surface area (Å²) >= 11 is 0. The summed E-state index contributed by atoms with van der Waals surface area (Å²) in [6.07, 6.45) is 6.89. The van der Waals surface area contributed by atoms with E-state index in [1.165, 1.54) is 5.57 Å². The first-order valence-corrected chi connectivity index (χ1v) is 7.99. The van der Waals surface area contributed by atoms with Crippen LogP contribution in [0.1, 0.15) is 45.4 Å². The van der Waals surface area contributed by atoms with Crippen LogP contribution in [0.25, 0.3) is 0 Å². The summed E-state index contributed by atoms with van der Waals surface area (Å²) in [6, 6.07) is 0. The van der Waals surface area contributed by atoms with Crippen molar-refractivity contribution < 1.29 is 18.9 Å². The van der Waals surface area contributed by atoms with Gasteiger partial charge in [-0.15, -0.1) is 0 Å². The lowest BCUT2D eigenvalue weighted by molar-refractivity contribution is -0.164. The van der Waals surface area contributed by atoms with Crippen molar-refractivity contribution in [1.29, 1.82) is 0 Å². The van der Waals surface area contributed by atoms with Gasteiger partial charge in [0.2, 0.25) is 0 Å². The van der Waals surface area contributed by atoms with Crippen LogP contribution in [-0.4, -0.2) is 43.7 Å². The third-order valence-corrected chi connectivity index (χ3v) is 5.20. The topological polar surface area (TPSA) is 36.9 Å². The summed E-state index contributed by atoms with van der Waals surface area (Å²) in [6.45, 7) is 4.59. The maximum Gasteiger partial charge on any atom is 0.127 e. The van der Waals surface area contributed by atoms with E-state index in [1.54, 1.807) is 0 Å². The van der Waals surface area contributed by atoms with Crippen molar-refractivity contribution in [2.75, 3.05) is 19.8 Å². The summed E-state index contributed by atoms with van der Waals surface area (Å²) in [5, 5.41) is 0. The average Bonchev–Trinajstić information content (AvgIpc) is 2.63. The molecule has 4 aliphatic rings. The third-order valence-electron chi connectivity index (χ3n) is 5.20. The highest BCUT2D eigenvalue weighted by Gasteiger charge is 2.46. The average molecular weight is 280 g/mol. The molecule has 0 unspecified atom stereocenters. The second-order valence-electron chi connectivity index (χ2n) is 6.72. The van der Waals surface area contributed by atoms with Crippen molar-refractivity contribution in [2.24, 2.45) is 0 Å². The molecule has 0 bridgehead atoms. The number of rotatable bonds is 0. The molecule has 4 rings (SSSR count). The first kappa shape index (κ1) is 13.1. The minimum atomic E-state index is -0.156. The molecule has 4 atom stereocenters. The Kier molecular flexibility index (Phi) is 3.28. The molecule has 4 heteroatoms. The van der Waals surface area contributed by atoms with Crippen LogP contribution in [0.4, 0.5) is 0 Å². The molecule has 4 nitrogen and oxygen atoms in total. The second kappa shape index (κ2) is 5.00. The first-order chi connectivity index (χ1) is 9.74. The number of fused-ring (bicyclic) bond motifs is 2. The Morgan fingerprint density at radius 2 is 1.95 bits per heavy atom. The fourth-order valence-electron chi connectivity index (χ4n) is 4.01. The minimum Gasteiger partial charge on any atom is -0.492 e. The normalized spacial score (nSPS) is 44.8. The lowest BCUT2D eigenvalue weighted by Gasteiger charge is -2.45. The number of hydrogen-bond donors (Lipinski definition) is 0. The zero-order chi connectivity index (χ0) is 13.6.